The zero-order valence-corrected chi connectivity index (χ0v) is 18.0. The van der Waals surface area contributed by atoms with Gasteiger partial charge in [0.05, 0.1) is 51.1 Å². The second-order valence-electron chi connectivity index (χ2n) is 7.83. The molecule has 4 rings (SSSR count). The van der Waals surface area contributed by atoms with Crippen molar-refractivity contribution in [1.82, 2.24) is 9.47 Å². The number of nitrogens with one attached hydrogen (secondary N) is 1. The second kappa shape index (κ2) is 8.76. The van der Waals surface area contributed by atoms with Crippen LogP contribution in [0.4, 0.5) is 0 Å². The Morgan fingerprint density at radius 2 is 1.77 bits per heavy atom. The van der Waals surface area contributed by atoms with E-state index in [0.29, 0.717) is 0 Å². The van der Waals surface area contributed by atoms with Crippen molar-refractivity contribution in [3.63, 3.8) is 0 Å². The first kappa shape index (κ1) is 20.2. The van der Waals surface area contributed by atoms with Crippen LogP contribution in [0.15, 0.2) is 60.7 Å². The molecule has 0 spiro atoms. The summed E-state index contributed by atoms with van der Waals surface area (Å²) in [5, 5.41) is 0. The Morgan fingerprint density at radius 3 is 2.43 bits per heavy atom. The van der Waals surface area contributed by atoms with Crippen LogP contribution in [-0.2, 0) is 0 Å². The van der Waals surface area contributed by atoms with Gasteiger partial charge in [-0.25, -0.2) is 0 Å². The van der Waals surface area contributed by atoms with E-state index < -0.39 is 0 Å². The highest BCUT2D eigenvalue weighted by Crippen LogP contribution is 2.32. The Labute approximate surface area is 178 Å². The van der Waals surface area contributed by atoms with Crippen molar-refractivity contribution in [2.24, 2.45) is 0 Å². The van der Waals surface area contributed by atoms with E-state index in [1.54, 1.807) is 12.0 Å². The number of benzene rings is 2. The fourth-order valence-electron chi connectivity index (χ4n) is 4.28. The molecule has 0 atom stereocenters. The van der Waals surface area contributed by atoms with Gasteiger partial charge >= 0.3 is 0 Å². The second-order valence-corrected chi connectivity index (χ2v) is 7.83. The van der Waals surface area contributed by atoms with Gasteiger partial charge < -0.3 is 19.1 Å². The third-order valence-electron chi connectivity index (χ3n) is 6.12. The zero-order chi connectivity index (χ0) is 21.1. The van der Waals surface area contributed by atoms with E-state index in [9.17, 15) is 4.79 Å². The van der Waals surface area contributed by atoms with E-state index in [4.69, 9.17) is 4.74 Å². The summed E-state index contributed by atoms with van der Waals surface area (Å²) in [6.45, 7) is 9.02. The molecule has 30 heavy (non-hydrogen) atoms. The molecular formula is C25H30N3O2+. The Bertz CT molecular complexity index is 1020. The molecule has 1 aliphatic rings. The maximum Gasteiger partial charge on any atom is 0.256 e. The zero-order valence-electron chi connectivity index (χ0n) is 18.0. The highest BCUT2D eigenvalue weighted by molar-refractivity contribution is 5.97. The Kier molecular flexibility index (Phi) is 5.91. The molecule has 0 radical (unpaired) electrons. The Balaban J connectivity index is 1.77. The molecule has 1 N–H and O–H groups in total. The molecule has 1 saturated heterocycles. The van der Waals surface area contributed by atoms with Crippen LogP contribution in [0.5, 0.6) is 5.75 Å². The summed E-state index contributed by atoms with van der Waals surface area (Å²) in [5.41, 5.74) is 4.82. The average Bonchev–Trinajstić information content (AvgIpc) is 3.16. The number of piperazine rings is 1. The predicted octanol–water partition coefficient (Wildman–Crippen LogP) is 2.82. The van der Waals surface area contributed by atoms with Gasteiger partial charge in [0.15, 0.2) is 0 Å². The lowest BCUT2D eigenvalue weighted by atomic mass is 10.1. The normalized spacial score (nSPS) is 14.7. The van der Waals surface area contributed by atoms with Crippen LogP contribution in [-0.4, -0.2) is 55.2 Å². The number of hydrogen-bond donors (Lipinski definition) is 1. The molecule has 0 bridgehead atoms. The molecule has 0 unspecified atom stereocenters. The fourth-order valence-corrected chi connectivity index (χ4v) is 4.28. The van der Waals surface area contributed by atoms with Crippen LogP contribution in [0, 0.1) is 6.92 Å². The minimum atomic E-state index is 0.126. The van der Waals surface area contributed by atoms with Crippen LogP contribution in [0.1, 0.15) is 23.0 Å². The number of ether oxygens (including phenoxy) is 1. The lowest BCUT2D eigenvalue weighted by Crippen LogP contribution is -3.14. The lowest BCUT2D eigenvalue weighted by Gasteiger charge is -2.31. The minimum absolute atomic E-state index is 0.126. The first-order chi connectivity index (χ1) is 14.6. The number of rotatable bonds is 5. The summed E-state index contributed by atoms with van der Waals surface area (Å²) in [5.74, 6) is 0.930. The van der Waals surface area contributed by atoms with Crippen LogP contribution in [0.3, 0.4) is 0 Å². The molecule has 5 nitrogen and oxygen atoms in total. The van der Waals surface area contributed by atoms with Crippen molar-refractivity contribution in [3.8, 4) is 22.7 Å². The number of carbonyl (C=O) groups excluding carboxylic acids is 1. The molecule has 2 aromatic carbocycles. The summed E-state index contributed by atoms with van der Waals surface area (Å²) in [7, 11) is 1.67. The van der Waals surface area contributed by atoms with Gasteiger partial charge in [-0.15, -0.1) is 0 Å². The molecule has 0 saturated carbocycles. The van der Waals surface area contributed by atoms with Crippen molar-refractivity contribution in [3.05, 3.63) is 71.9 Å². The summed E-state index contributed by atoms with van der Waals surface area (Å²) in [4.78, 5) is 17.0. The largest absolute Gasteiger partial charge is 0.497 e. The van der Waals surface area contributed by atoms with E-state index >= 15 is 0 Å². The van der Waals surface area contributed by atoms with Crippen LogP contribution in [0.25, 0.3) is 16.9 Å². The van der Waals surface area contributed by atoms with Crippen LogP contribution >= 0.6 is 0 Å². The molecule has 0 aliphatic carbocycles. The van der Waals surface area contributed by atoms with Gasteiger partial charge in [-0.2, -0.15) is 0 Å². The number of amides is 1. The van der Waals surface area contributed by atoms with E-state index in [-0.39, 0.29) is 5.91 Å². The molecular weight excluding hydrogens is 374 g/mol. The number of quaternary nitrogens is 1. The van der Waals surface area contributed by atoms with Crippen LogP contribution < -0.4 is 9.64 Å². The van der Waals surface area contributed by atoms with Crippen molar-refractivity contribution >= 4 is 5.91 Å². The maximum absolute atomic E-state index is 13.4. The SMILES string of the molecule is CC[NH+]1CCN(C(=O)c2cc(-c3cccc(OC)c3)n(-c3ccccc3)c2C)CC1. The van der Waals surface area contributed by atoms with Gasteiger partial charge in [0.25, 0.3) is 5.91 Å². The van der Waals surface area contributed by atoms with Gasteiger partial charge in [0, 0.05) is 16.9 Å². The Morgan fingerprint density at radius 1 is 1.03 bits per heavy atom. The standard InChI is InChI=1S/C25H29N3O2/c1-4-26-13-15-27(16-14-26)25(29)23-18-24(20-9-8-12-22(17-20)30-3)28(19(23)2)21-10-6-5-7-11-21/h5-12,17-18H,4,13-16H2,1-3H3/p+1. The predicted molar refractivity (Wildman–Crippen MR) is 120 cm³/mol. The van der Waals surface area contributed by atoms with E-state index in [0.717, 1.165) is 66.7 Å². The lowest BCUT2D eigenvalue weighted by molar-refractivity contribution is -0.902. The minimum Gasteiger partial charge on any atom is -0.497 e. The molecule has 156 valence electrons. The van der Waals surface area contributed by atoms with Gasteiger partial charge in [0.1, 0.15) is 5.75 Å². The van der Waals surface area contributed by atoms with E-state index in [1.165, 1.54) is 0 Å². The smallest absolute Gasteiger partial charge is 0.256 e. The summed E-state index contributed by atoms with van der Waals surface area (Å²) >= 11 is 0. The third kappa shape index (κ3) is 3.85. The molecule has 5 heteroatoms. The highest BCUT2D eigenvalue weighted by atomic mass is 16.5. The van der Waals surface area contributed by atoms with Crippen molar-refractivity contribution in [2.75, 3.05) is 39.8 Å². The molecule has 3 aromatic rings. The monoisotopic (exact) mass is 404 g/mol. The van der Waals surface area contributed by atoms with Gasteiger partial charge in [-0.1, -0.05) is 30.3 Å². The highest BCUT2D eigenvalue weighted by Gasteiger charge is 2.27. The summed E-state index contributed by atoms with van der Waals surface area (Å²) in [6.07, 6.45) is 0. The van der Waals surface area contributed by atoms with Crippen molar-refractivity contribution in [2.45, 2.75) is 13.8 Å². The third-order valence-corrected chi connectivity index (χ3v) is 6.12. The fraction of sp³-hybridized carbons (Fsp3) is 0.320. The van der Waals surface area contributed by atoms with E-state index in [1.807, 2.05) is 54.3 Å². The quantitative estimate of drug-likeness (QED) is 0.710. The van der Waals surface area contributed by atoms with Gasteiger partial charge in [0.2, 0.25) is 0 Å². The number of nitrogens with zero attached hydrogens (tertiary/aromatic N) is 2. The van der Waals surface area contributed by atoms with Gasteiger partial charge in [-0.05, 0) is 44.2 Å². The topological polar surface area (TPSA) is 38.9 Å². The molecule has 1 aliphatic heterocycles. The first-order valence-corrected chi connectivity index (χ1v) is 10.7. The molecule has 1 amide bonds. The van der Waals surface area contributed by atoms with Crippen molar-refractivity contribution < 1.29 is 14.4 Å². The average molecular weight is 405 g/mol. The molecule has 1 aromatic heterocycles. The number of carbonyl (C=O) groups is 1. The first-order valence-electron chi connectivity index (χ1n) is 10.7. The maximum atomic E-state index is 13.4. The number of hydrogen-bond acceptors (Lipinski definition) is 2. The van der Waals surface area contributed by atoms with E-state index in [2.05, 4.69) is 29.7 Å². The van der Waals surface area contributed by atoms with Crippen molar-refractivity contribution in [1.29, 1.82) is 0 Å². The Hall–Kier alpha value is -3.05. The summed E-state index contributed by atoms with van der Waals surface area (Å²) in [6, 6.07) is 20.3. The number of methoxy groups -OCH3 is 1. The number of para-hydroxylation sites is 1. The van der Waals surface area contributed by atoms with Crippen LogP contribution in [0.2, 0.25) is 0 Å². The van der Waals surface area contributed by atoms with Gasteiger partial charge in [-0.3, -0.25) is 4.79 Å². The summed E-state index contributed by atoms with van der Waals surface area (Å²) < 4.78 is 7.61. The number of aromatic nitrogens is 1. The number of likely N-dealkylation sites (N-methyl/N-ethyl adjacent to an activating group) is 1. The molecule has 1 fully saturated rings. The molecule has 2 heterocycles.